The van der Waals surface area contributed by atoms with Gasteiger partial charge >= 0.3 is 0 Å². The highest BCUT2D eigenvalue weighted by molar-refractivity contribution is 7.19. The Labute approximate surface area is 250 Å². The van der Waals surface area contributed by atoms with Gasteiger partial charge in [0.15, 0.2) is 0 Å². The van der Waals surface area contributed by atoms with Crippen LogP contribution < -0.4 is 10.1 Å². The van der Waals surface area contributed by atoms with Crippen molar-refractivity contribution in [2.75, 3.05) is 25.0 Å². The number of benzene rings is 1. The molecule has 2 fully saturated rings. The molecule has 3 aromatic heterocycles. The van der Waals surface area contributed by atoms with Crippen molar-refractivity contribution in [2.45, 2.75) is 64.5 Å². The largest absolute Gasteiger partial charge is 0.455 e. The van der Waals surface area contributed by atoms with Crippen molar-refractivity contribution in [3.8, 4) is 11.5 Å². The molecule has 1 spiro atoms. The van der Waals surface area contributed by atoms with E-state index in [2.05, 4.69) is 37.3 Å². The molecule has 0 unspecified atom stereocenters. The molecule has 1 aliphatic carbocycles. The molecule has 3 aliphatic rings. The third-order valence-electron chi connectivity index (χ3n) is 9.11. The highest BCUT2D eigenvalue weighted by Gasteiger charge is 2.44. The minimum Gasteiger partial charge on any atom is -0.455 e. The Kier molecular flexibility index (Phi) is 7.15. The Balaban J connectivity index is 1.04. The van der Waals surface area contributed by atoms with Crippen LogP contribution in [-0.2, 0) is 17.8 Å². The summed E-state index contributed by atoms with van der Waals surface area (Å²) in [5, 5.41) is 4.58. The summed E-state index contributed by atoms with van der Waals surface area (Å²) in [5.74, 6) is 2.39. The molecule has 2 aliphatic heterocycles. The first-order valence-corrected chi connectivity index (χ1v) is 15.7. The van der Waals surface area contributed by atoms with Gasteiger partial charge in [-0.25, -0.2) is 9.97 Å². The van der Waals surface area contributed by atoms with Gasteiger partial charge in [0.25, 0.3) is 0 Å². The van der Waals surface area contributed by atoms with Crippen LogP contribution in [0.25, 0.3) is 10.2 Å². The van der Waals surface area contributed by atoms with Crippen molar-refractivity contribution < 1.29 is 9.53 Å². The average Bonchev–Trinajstić information content (AvgIpc) is 3.57. The van der Waals surface area contributed by atoms with Crippen molar-refractivity contribution in [1.82, 2.24) is 24.8 Å². The van der Waals surface area contributed by atoms with Crippen LogP contribution in [0.15, 0.2) is 55.0 Å². The molecule has 0 atom stereocenters. The summed E-state index contributed by atoms with van der Waals surface area (Å²) in [6.45, 7) is 7.34. The van der Waals surface area contributed by atoms with Crippen LogP contribution in [0.1, 0.15) is 53.8 Å². The quantitative estimate of drug-likeness (QED) is 0.244. The van der Waals surface area contributed by atoms with Crippen molar-refractivity contribution >= 4 is 39.0 Å². The van der Waals surface area contributed by atoms with Crippen LogP contribution >= 0.6 is 11.3 Å². The van der Waals surface area contributed by atoms with E-state index in [1.165, 1.54) is 42.5 Å². The first-order chi connectivity index (χ1) is 20.5. The molecular formula is C33H36N6O2S. The van der Waals surface area contributed by atoms with E-state index in [4.69, 9.17) is 4.74 Å². The van der Waals surface area contributed by atoms with Gasteiger partial charge in [0.1, 0.15) is 28.5 Å². The lowest BCUT2D eigenvalue weighted by molar-refractivity contribution is -0.126. The zero-order chi connectivity index (χ0) is 28.7. The molecule has 42 heavy (non-hydrogen) atoms. The van der Waals surface area contributed by atoms with Gasteiger partial charge in [-0.2, -0.15) is 0 Å². The number of aryl methyl sites for hydroxylation is 2. The molecule has 1 saturated carbocycles. The van der Waals surface area contributed by atoms with Gasteiger partial charge in [-0.15, -0.1) is 11.3 Å². The van der Waals surface area contributed by atoms with E-state index >= 15 is 0 Å². The maximum absolute atomic E-state index is 13.1. The number of hydrogen-bond acceptors (Lipinski definition) is 8. The standard InChI is InChI=1S/C33H36N6O2S/c1-22-18-24(8-10-27(22)41-25-9-7-23(2)34-19-25)37-31-30-26-11-17-38(20-28(26)42-32(30)36-21-35-31)29(40)6-3-15-39-16-5-14-33(39)12-4-13-33/h3,6-10,18-19,21H,4-5,11-17,20H2,1-2H3,(H,35,36,37)/b6-3+. The van der Waals surface area contributed by atoms with Crippen molar-refractivity contribution in [3.63, 3.8) is 0 Å². The minimum absolute atomic E-state index is 0.101. The summed E-state index contributed by atoms with van der Waals surface area (Å²) in [4.78, 5) is 33.3. The Hall–Kier alpha value is -3.82. The topological polar surface area (TPSA) is 83.5 Å². The second-order valence-electron chi connectivity index (χ2n) is 11.8. The number of nitrogens with zero attached hydrogens (tertiary/aromatic N) is 5. The highest BCUT2D eigenvalue weighted by atomic mass is 32.1. The van der Waals surface area contributed by atoms with Crippen LogP contribution in [0.5, 0.6) is 11.5 Å². The summed E-state index contributed by atoms with van der Waals surface area (Å²) >= 11 is 1.66. The number of thiophene rings is 1. The number of rotatable bonds is 7. The Morgan fingerprint density at radius 2 is 1.98 bits per heavy atom. The van der Waals surface area contributed by atoms with Gasteiger partial charge in [-0.1, -0.05) is 6.08 Å². The first kappa shape index (κ1) is 27.0. The molecule has 216 valence electrons. The van der Waals surface area contributed by atoms with Gasteiger partial charge in [-0.05, 0) is 100 Å². The summed E-state index contributed by atoms with van der Waals surface area (Å²) in [5.41, 5.74) is 4.58. The first-order valence-electron chi connectivity index (χ1n) is 14.9. The monoisotopic (exact) mass is 580 g/mol. The number of likely N-dealkylation sites (tertiary alicyclic amines) is 1. The molecule has 1 aromatic carbocycles. The zero-order valence-corrected chi connectivity index (χ0v) is 25.0. The summed E-state index contributed by atoms with van der Waals surface area (Å²) in [7, 11) is 0. The third kappa shape index (κ3) is 5.16. The lowest BCUT2D eigenvalue weighted by Gasteiger charge is -2.45. The predicted octanol–water partition coefficient (Wildman–Crippen LogP) is 6.70. The molecule has 5 heterocycles. The molecule has 4 aromatic rings. The van der Waals surface area contributed by atoms with E-state index < -0.39 is 0 Å². The van der Waals surface area contributed by atoms with Gasteiger partial charge in [0, 0.05) is 41.0 Å². The third-order valence-corrected chi connectivity index (χ3v) is 10.2. The van der Waals surface area contributed by atoms with E-state index in [9.17, 15) is 4.79 Å². The summed E-state index contributed by atoms with van der Waals surface area (Å²) < 4.78 is 6.04. The van der Waals surface area contributed by atoms with Crippen molar-refractivity contribution in [2.24, 2.45) is 0 Å². The molecule has 0 radical (unpaired) electrons. The van der Waals surface area contributed by atoms with Gasteiger partial charge in [0.2, 0.25) is 5.91 Å². The number of pyridine rings is 1. The SMILES string of the molecule is Cc1ccc(Oc2ccc(Nc3ncnc4sc5c(c34)CCN(C(=O)/C=C/CN3CCCC34CCC4)C5)cc2C)cn1. The molecule has 7 rings (SSSR count). The van der Waals surface area contributed by atoms with Gasteiger partial charge < -0.3 is 15.0 Å². The smallest absolute Gasteiger partial charge is 0.246 e. The fraction of sp³-hybridized carbons (Fsp3) is 0.394. The maximum atomic E-state index is 13.1. The summed E-state index contributed by atoms with van der Waals surface area (Å²) in [6, 6.07) is 9.89. The van der Waals surface area contributed by atoms with E-state index in [1.807, 2.05) is 43.0 Å². The van der Waals surface area contributed by atoms with E-state index in [0.29, 0.717) is 24.4 Å². The normalized spacial score (nSPS) is 18.0. The number of carbonyl (C=O) groups excluding carboxylic acids is 1. The van der Waals surface area contributed by atoms with E-state index in [0.717, 1.165) is 58.2 Å². The van der Waals surface area contributed by atoms with Crippen LogP contribution in [0.4, 0.5) is 11.5 Å². The van der Waals surface area contributed by atoms with Crippen LogP contribution in [0.2, 0.25) is 0 Å². The van der Waals surface area contributed by atoms with Crippen LogP contribution in [0.3, 0.4) is 0 Å². The second kappa shape index (κ2) is 11.1. The highest BCUT2D eigenvalue weighted by Crippen LogP contribution is 2.45. The fourth-order valence-corrected chi connectivity index (χ4v) is 7.85. The average molecular weight is 581 g/mol. The van der Waals surface area contributed by atoms with E-state index in [1.54, 1.807) is 29.9 Å². The molecule has 1 saturated heterocycles. The minimum atomic E-state index is 0.101. The summed E-state index contributed by atoms with van der Waals surface area (Å²) in [6.07, 6.45) is 14.6. The molecule has 0 bridgehead atoms. The van der Waals surface area contributed by atoms with E-state index in [-0.39, 0.29) is 5.91 Å². The number of nitrogens with one attached hydrogen (secondary N) is 1. The Bertz CT molecular complexity index is 1660. The second-order valence-corrected chi connectivity index (χ2v) is 12.9. The number of amides is 1. The maximum Gasteiger partial charge on any atom is 0.246 e. The van der Waals surface area contributed by atoms with Crippen molar-refractivity contribution in [1.29, 1.82) is 0 Å². The van der Waals surface area contributed by atoms with Crippen LogP contribution in [0, 0.1) is 13.8 Å². The molecule has 9 heteroatoms. The fourth-order valence-electron chi connectivity index (χ4n) is 6.65. The van der Waals surface area contributed by atoms with Gasteiger partial charge in [0.05, 0.1) is 18.1 Å². The molecule has 8 nitrogen and oxygen atoms in total. The molecule has 1 N–H and O–H groups in total. The zero-order valence-electron chi connectivity index (χ0n) is 24.2. The Morgan fingerprint density at radius 3 is 2.76 bits per heavy atom. The van der Waals surface area contributed by atoms with Gasteiger partial charge in [-0.3, -0.25) is 14.7 Å². The number of hydrogen-bond donors (Lipinski definition) is 1. The number of carbonyl (C=O) groups is 1. The number of anilines is 2. The predicted molar refractivity (Wildman–Crippen MR) is 167 cm³/mol. The lowest BCUT2D eigenvalue weighted by Crippen LogP contribution is -2.49. The Morgan fingerprint density at radius 1 is 1.10 bits per heavy atom. The van der Waals surface area contributed by atoms with Crippen molar-refractivity contribution in [3.05, 3.63) is 76.7 Å². The number of fused-ring (bicyclic) bond motifs is 3. The number of ether oxygens (including phenoxy) is 1. The lowest BCUT2D eigenvalue weighted by atomic mass is 9.75. The van der Waals surface area contributed by atoms with Crippen LogP contribution in [-0.4, -0.2) is 55.8 Å². The molecule has 1 amide bonds. The number of aromatic nitrogens is 3. The molecular weight excluding hydrogens is 544 g/mol.